The van der Waals surface area contributed by atoms with Gasteiger partial charge < -0.3 is 5.32 Å². The molecule has 0 aromatic heterocycles. The van der Waals surface area contributed by atoms with Crippen LogP contribution in [0.3, 0.4) is 0 Å². The first-order valence-electron chi connectivity index (χ1n) is 8.36. The number of nitrogens with one attached hydrogen (secondary N) is 2. The maximum Gasteiger partial charge on any atom is 0.240 e. The molecule has 2 aromatic carbocycles. The van der Waals surface area contributed by atoms with Crippen LogP contribution in [0.4, 0.5) is 5.69 Å². The van der Waals surface area contributed by atoms with Crippen molar-refractivity contribution >= 4 is 15.7 Å². The van der Waals surface area contributed by atoms with Crippen LogP contribution in [0.2, 0.25) is 0 Å². The highest BCUT2D eigenvalue weighted by molar-refractivity contribution is 7.89. The van der Waals surface area contributed by atoms with Gasteiger partial charge in [0.15, 0.2) is 0 Å². The third kappa shape index (κ3) is 3.97. The lowest BCUT2D eigenvalue weighted by atomic mass is 10.1. The van der Waals surface area contributed by atoms with E-state index in [1.165, 1.54) is 5.56 Å². The van der Waals surface area contributed by atoms with Gasteiger partial charge in [-0.05, 0) is 57.4 Å². The van der Waals surface area contributed by atoms with E-state index in [4.69, 9.17) is 0 Å². The number of benzene rings is 2. The summed E-state index contributed by atoms with van der Waals surface area (Å²) in [5.74, 6) is 0. The highest BCUT2D eigenvalue weighted by Crippen LogP contribution is 2.25. The summed E-state index contributed by atoms with van der Waals surface area (Å²) in [5.41, 5.74) is 3.30. The van der Waals surface area contributed by atoms with Gasteiger partial charge in [0.05, 0.1) is 4.90 Å². The second kappa shape index (κ2) is 6.95. The van der Waals surface area contributed by atoms with E-state index in [1.807, 2.05) is 31.2 Å². The molecule has 0 aliphatic heterocycles. The van der Waals surface area contributed by atoms with E-state index in [2.05, 4.69) is 29.1 Å². The van der Waals surface area contributed by atoms with E-state index in [1.54, 1.807) is 12.1 Å². The van der Waals surface area contributed by atoms with Crippen LogP contribution in [-0.2, 0) is 10.0 Å². The van der Waals surface area contributed by atoms with E-state index in [9.17, 15) is 8.42 Å². The van der Waals surface area contributed by atoms with Gasteiger partial charge in [-0.2, -0.15) is 0 Å². The van der Waals surface area contributed by atoms with Crippen molar-refractivity contribution in [2.75, 3.05) is 5.32 Å². The number of sulfonamides is 1. The summed E-state index contributed by atoms with van der Waals surface area (Å²) in [6.07, 6.45) is 2.84. The molecule has 1 aliphatic carbocycles. The van der Waals surface area contributed by atoms with Crippen LogP contribution < -0.4 is 10.0 Å². The third-order valence-electron chi connectivity index (χ3n) is 4.56. The van der Waals surface area contributed by atoms with Crippen molar-refractivity contribution in [3.05, 3.63) is 59.7 Å². The van der Waals surface area contributed by atoms with Crippen LogP contribution in [0, 0.1) is 13.8 Å². The van der Waals surface area contributed by atoms with Gasteiger partial charge in [-0.15, -0.1) is 0 Å². The molecular weight excluding hydrogens is 320 g/mol. The van der Waals surface area contributed by atoms with Crippen LogP contribution >= 0.6 is 0 Å². The molecule has 0 radical (unpaired) electrons. The Morgan fingerprint density at radius 2 is 1.38 bits per heavy atom. The van der Waals surface area contributed by atoms with Crippen LogP contribution in [0.25, 0.3) is 0 Å². The minimum absolute atomic E-state index is 0.0855. The lowest BCUT2D eigenvalue weighted by Crippen LogP contribution is -2.43. The highest BCUT2D eigenvalue weighted by atomic mass is 32.2. The van der Waals surface area contributed by atoms with Gasteiger partial charge in [-0.3, -0.25) is 0 Å². The fourth-order valence-corrected chi connectivity index (χ4v) is 4.43. The molecule has 1 saturated carbocycles. The first kappa shape index (κ1) is 17.0. The molecule has 24 heavy (non-hydrogen) atoms. The normalized spacial score (nSPS) is 20.9. The molecule has 2 atom stereocenters. The van der Waals surface area contributed by atoms with Gasteiger partial charge >= 0.3 is 0 Å². The number of anilines is 1. The number of hydrogen-bond acceptors (Lipinski definition) is 3. The molecular formula is C19H24N2O2S. The van der Waals surface area contributed by atoms with Crippen molar-refractivity contribution in [3.8, 4) is 0 Å². The van der Waals surface area contributed by atoms with Crippen molar-refractivity contribution in [2.24, 2.45) is 0 Å². The SMILES string of the molecule is Cc1ccc(N[C@H]2CCC[C@@H]2NS(=O)(=O)c2ccc(C)cc2)cc1. The van der Waals surface area contributed by atoms with Crippen molar-refractivity contribution in [2.45, 2.75) is 50.1 Å². The molecule has 2 aromatic rings. The highest BCUT2D eigenvalue weighted by Gasteiger charge is 2.31. The van der Waals surface area contributed by atoms with E-state index >= 15 is 0 Å². The first-order chi connectivity index (χ1) is 11.4. The Balaban J connectivity index is 1.71. The zero-order chi connectivity index (χ0) is 17.2. The summed E-state index contributed by atoms with van der Waals surface area (Å²) in [6.45, 7) is 4.00. The largest absolute Gasteiger partial charge is 0.381 e. The summed E-state index contributed by atoms with van der Waals surface area (Å²) in [4.78, 5) is 0.328. The van der Waals surface area contributed by atoms with Crippen molar-refractivity contribution in [1.82, 2.24) is 4.72 Å². The zero-order valence-electron chi connectivity index (χ0n) is 14.1. The quantitative estimate of drug-likeness (QED) is 0.871. The smallest absolute Gasteiger partial charge is 0.240 e. The van der Waals surface area contributed by atoms with Gasteiger partial charge in [0.1, 0.15) is 0 Å². The molecule has 0 saturated heterocycles. The minimum atomic E-state index is -3.48. The van der Waals surface area contributed by atoms with Gasteiger partial charge in [-0.25, -0.2) is 13.1 Å². The lowest BCUT2D eigenvalue weighted by Gasteiger charge is -2.23. The monoisotopic (exact) mass is 344 g/mol. The molecule has 4 nitrogen and oxygen atoms in total. The summed E-state index contributed by atoms with van der Waals surface area (Å²) >= 11 is 0. The second-order valence-corrected chi connectivity index (χ2v) is 8.30. The molecule has 128 valence electrons. The fraction of sp³-hybridized carbons (Fsp3) is 0.368. The van der Waals surface area contributed by atoms with Crippen LogP contribution in [-0.4, -0.2) is 20.5 Å². The summed E-state index contributed by atoms with van der Waals surface area (Å²) in [5, 5.41) is 3.47. The summed E-state index contributed by atoms with van der Waals surface area (Å²) in [6, 6.07) is 15.2. The Hall–Kier alpha value is -1.85. The summed E-state index contributed by atoms with van der Waals surface area (Å²) in [7, 11) is -3.48. The van der Waals surface area contributed by atoms with E-state index in [0.29, 0.717) is 4.90 Å². The van der Waals surface area contributed by atoms with E-state index < -0.39 is 10.0 Å². The molecule has 0 heterocycles. The van der Waals surface area contributed by atoms with Crippen molar-refractivity contribution < 1.29 is 8.42 Å². The van der Waals surface area contributed by atoms with Crippen molar-refractivity contribution in [3.63, 3.8) is 0 Å². The molecule has 2 N–H and O–H groups in total. The molecule has 3 rings (SSSR count). The Kier molecular flexibility index (Phi) is 4.92. The maximum absolute atomic E-state index is 12.6. The van der Waals surface area contributed by atoms with Gasteiger partial charge in [0, 0.05) is 17.8 Å². The van der Waals surface area contributed by atoms with Gasteiger partial charge in [-0.1, -0.05) is 35.4 Å². The molecule has 0 spiro atoms. The zero-order valence-corrected chi connectivity index (χ0v) is 14.9. The average Bonchev–Trinajstić information content (AvgIpc) is 2.96. The fourth-order valence-electron chi connectivity index (χ4n) is 3.12. The Morgan fingerprint density at radius 3 is 2.00 bits per heavy atom. The molecule has 0 bridgehead atoms. The predicted molar refractivity (Wildman–Crippen MR) is 97.7 cm³/mol. The standard InChI is InChI=1S/C19H24N2O2S/c1-14-6-10-16(11-7-14)20-18-4-3-5-19(18)21-24(22,23)17-12-8-15(2)9-13-17/h6-13,18-21H,3-5H2,1-2H3/t18-,19-/m0/s1. The molecule has 5 heteroatoms. The Bertz CT molecular complexity index is 783. The molecule has 0 amide bonds. The average molecular weight is 344 g/mol. The van der Waals surface area contributed by atoms with Gasteiger partial charge in [0.25, 0.3) is 0 Å². The Labute approximate surface area is 144 Å². The van der Waals surface area contributed by atoms with Gasteiger partial charge in [0.2, 0.25) is 10.0 Å². The molecule has 1 aliphatic rings. The second-order valence-electron chi connectivity index (χ2n) is 6.59. The van der Waals surface area contributed by atoms with Crippen LogP contribution in [0.5, 0.6) is 0 Å². The third-order valence-corrected chi connectivity index (χ3v) is 6.06. The van der Waals surface area contributed by atoms with Crippen LogP contribution in [0.1, 0.15) is 30.4 Å². The first-order valence-corrected chi connectivity index (χ1v) is 9.84. The maximum atomic E-state index is 12.6. The van der Waals surface area contributed by atoms with E-state index in [0.717, 1.165) is 30.5 Å². The Morgan fingerprint density at radius 1 is 0.833 bits per heavy atom. The lowest BCUT2D eigenvalue weighted by molar-refractivity contribution is 0.535. The van der Waals surface area contributed by atoms with Crippen LogP contribution in [0.15, 0.2) is 53.4 Å². The number of rotatable bonds is 5. The predicted octanol–water partition coefficient (Wildman–Crippen LogP) is 3.61. The number of hydrogen-bond donors (Lipinski definition) is 2. The minimum Gasteiger partial charge on any atom is -0.381 e. The topological polar surface area (TPSA) is 58.2 Å². The molecule has 1 fully saturated rings. The summed E-state index contributed by atoms with van der Waals surface area (Å²) < 4.78 is 28.1. The van der Waals surface area contributed by atoms with E-state index in [-0.39, 0.29) is 12.1 Å². The number of aryl methyl sites for hydroxylation is 2. The van der Waals surface area contributed by atoms with Crippen molar-refractivity contribution in [1.29, 1.82) is 0 Å². The molecule has 0 unspecified atom stereocenters.